The minimum atomic E-state index is -0.0181. The fraction of sp³-hybridized carbons (Fsp3) is 0.588. The molecule has 0 radical (unpaired) electrons. The average molecular weight is 348 g/mol. The molecule has 1 amide bonds. The summed E-state index contributed by atoms with van der Waals surface area (Å²) in [6.45, 7) is 11.0. The Hall–Kier alpha value is -1.73. The van der Waals surface area contributed by atoms with Gasteiger partial charge in [0.1, 0.15) is 16.5 Å². The van der Waals surface area contributed by atoms with Gasteiger partial charge in [0.2, 0.25) is 0 Å². The highest BCUT2D eigenvalue weighted by Crippen LogP contribution is 2.35. The Labute approximate surface area is 146 Å². The number of morpholine rings is 1. The minimum Gasteiger partial charge on any atom is -0.378 e. The second-order valence-electron chi connectivity index (χ2n) is 6.21. The smallest absolute Gasteiger partial charge is 0.261 e. The number of carbonyl (C=O) groups excluding carboxylic acids is 1. The number of aromatic nitrogens is 2. The second-order valence-corrected chi connectivity index (χ2v) is 7.21. The molecule has 6 nitrogen and oxygen atoms in total. The molecule has 7 heteroatoms. The predicted molar refractivity (Wildman–Crippen MR) is 97.1 cm³/mol. The summed E-state index contributed by atoms with van der Waals surface area (Å²) in [4.78, 5) is 25.7. The Bertz CT molecular complexity index is 753. The van der Waals surface area contributed by atoms with Crippen LogP contribution in [-0.4, -0.2) is 48.2 Å². The Kier molecular flexibility index (Phi) is 5.01. The summed E-state index contributed by atoms with van der Waals surface area (Å²) in [6, 6.07) is 0.161. The molecular weight excluding hydrogens is 324 g/mol. The molecule has 1 aliphatic heterocycles. The first kappa shape index (κ1) is 17.1. The van der Waals surface area contributed by atoms with E-state index in [1.54, 1.807) is 0 Å². The molecule has 1 aliphatic rings. The maximum atomic E-state index is 12.6. The summed E-state index contributed by atoms with van der Waals surface area (Å²) in [5.74, 6) is 1.65. The van der Waals surface area contributed by atoms with Crippen molar-refractivity contribution in [2.45, 2.75) is 40.2 Å². The van der Waals surface area contributed by atoms with E-state index in [0.717, 1.165) is 51.8 Å². The van der Waals surface area contributed by atoms with E-state index in [-0.39, 0.29) is 11.9 Å². The lowest BCUT2D eigenvalue weighted by Gasteiger charge is -2.28. The lowest BCUT2D eigenvalue weighted by molar-refractivity contribution is 0.0943. The number of amides is 1. The molecule has 0 aromatic carbocycles. The van der Waals surface area contributed by atoms with Crippen LogP contribution in [-0.2, 0) is 4.74 Å². The van der Waals surface area contributed by atoms with Crippen LogP contribution in [0.4, 0.5) is 5.82 Å². The first-order chi connectivity index (χ1) is 11.5. The Morgan fingerprint density at radius 2 is 2.04 bits per heavy atom. The van der Waals surface area contributed by atoms with Crippen molar-refractivity contribution in [3.8, 4) is 0 Å². The highest BCUT2D eigenvalue weighted by molar-refractivity contribution is 7.20. The fourth-order valence-electron chi connectivity index (χ4n) is 2.83. The lowest BCUT2D eigenvalue weighted by atomic mass is 10.1. The molecule has 1 atom stereocenters. The standard InChI is InChI=1S/C17H24N4O2S/c1-5-10(2)18-16(22)14-11(3)13-15(21-6-8-23-9-7-21)19-12(4)20-17(13)24-14/h10H,5-9H2,1-4H3,(H,18,22). The second kappa shape index (κ2) is 7.03. The zero-order chi connectivity index (χ0) is 17.3. The van der Waals surface area contributed by atoms with Crippen molar-refractivity contribution in [3.63, 3.8) is 0 Å². The lowest BCUT2D eigenvalue weighted by Crippen LogP contribution is -2.37. The third-order valence-electron chi connectivity index (χ3n) is 4.39. The molecule has 0 spiro atoms. The molecule has 1 unspecified atom stereocenters. The number of anilines is 1. The van der Waals surface area contributed by atoms with Gasteiger partial charge in [0.15, 0.2) is 0 Å². The summed E-state index contributed by atoms with van der Waals surface area (Å²) in [7, 11) is 0. The number of carbonyl (C=O) groups is 1. The highest BCUT2D eigenvalue weighted by Gasteiger charge is 2.24. The molecule has 2 aromatic rings. The van der Waals surface area contributed by atoms with E-state index in [1.165, 1.54) is 11.3 Å². The van der Waals surface area contributed by atoms with E-state index in [4.69, 9.17) is 4.74 Å². The molecule has 1 fully saturated rings. The number of aryl methyl sites for hydroxylation is 2. The summed E-state index contributed by atoms with van der Waals surface area (Å²) in [6.07, 6.45) is 0.910. The zero-order valence-electron chi connectivity index (χ0n) is 14.7. The van der Waals surface area contributed by atoms with Gasteiger partial charge < -0.3 is 15.0 Å². The van der Waals surface area contributed by atoms with Crippen LogP contribution < -0.4 is 10.2 Å². The third-order valence-corrected chi connectivity index (χ3v) is 5.57. The number of thiophene rings is 1. The molecule has 130 valence electrons. The van der Waals surface area contributed by atoms with Crippen LogP contribution in [0.3, 0.4) is 0 Å². The number of rotatable bonds is 4. The van der Waals surface area contributed by atoms with E-state index < -0.39 is 0 Å². The van der Waals surface area contributed by atoms with E-state index in [2.05, 4.69) is 27.1 Å². The van der Waals surface area contributed by atoms with Gasteiger partial charge in [0.05, 0.1) is 23.5 Å². The molecule has 3 heterocycles. The summed E-state index contributed by atoms with van der Waals surface area (Å²) < 4.78 is 5.45. The third kappa shape index (κ3) is 3.23. The van der Waals surface area contributed by atoms with Gasteiger partial charge in [-0.2, -0.15) is 0 Å². The first-order valence-electron chi connectivity index (χ1n) is 8.42. The maximum absolute atomic E-state index is 12.6. The molecule has 2 aromatic heterocycles. The van der Waals surface area contributed by atoms with Crippen molar-refractivity contribution in [3.05, 3.63) is 16.3 Å². The molecule has 0 bridgehead atoms. The van der Waals surface area contributed by atoms with Crippen molar-refractivity contribution in [2.24, 2.45) is 0 Å². The quantitative estimate of drug-likeness (QED) is 0.920. The van der Waals surface area contributed by atoms with Gasteiger partial charge in [0.25, 0.3) is 5.91 Å². The number of fused-ring (bicyclic) bond motifs is 1. The van der Waals surface area contributed by atoms with Crippen LogP contribution in [0.15, 0.2) is 0 Å². The van der Waals surface area contributed by atoms with E-state index in [0.29, 0.717) is 13.2 Å². The predicted octanol–water partition coefficient (Wildman–Crippen LogP) is 2.67. The molecule has 24 heavy (non-hydrogen) atoms. The molecule has 0 saturated carbocycles. The Balaban J connectivity index is 2.05. The number of ether oxygens (including phenoxy) is 1. The molecule has 3 rings (SSSR count). The molecule has 0 aliphatic carbocycles. The van der Waals surface area contributed by atoms with Gasteiger partial charge in [0, 0.05) is 19.1 Å². The number of nitrogens with zero attached hydrogens (tertiary/aromatic N) is 3. The summed E-state index contributed by atoms with van der Waals surface area (Å²) in [5, 5.41) is 4.05. The summed E-state index contributed by atoms with van der Waals surface area (Å²) >= 11 is 1.46. The van der Waals surface area contributed by atoms with Gasteiger partial charge in [-0.25, -0.2) is 9.97 Å². The average Bonchev–Trinajstić information content (AvgIpc) is 2.91. The van der Waals surface area contributed by atoms with Crippen LogP contribution >= 0.6 is 11.3 Å². The van der Waals surface area contributed by atoms with Gasteiger partial charge in [-0.1, -0.05) is 6.92 Å². The monoisotopic (exact) mass is 348 g/mol. The summed E-state index contributed by atoms with van der Waals surface area (Å²) in [5.41, 5.74) is 0.970. The van der Waals surface area contributed by atoms with E-state index in [1.807, 2.05) is 20.8 Å². The van der Waals surface area contributed by atoms with Crippen molar-refractivity contribution in [1.82, 2.24) is 15.3 Å². The first-order valence-corrected chi connectivity index (χ1v) is 9.24. The van der Waals surface area contributed by atoms with Crippen LogP contribution in [0.25, 0.3) is 10.2 Å². The highest BCUT2D eigenvalue weighted by atomic mass is 32.1. The number of hydrogen-bond donors (Lipinski definition) is 1. The van der Waals surface area contributed by atoms with Crippen molar-refractivity contribution < 1.29 is 9.53 Å². The van der Waals surface area contributed by atoms with Crippen LogP contribution in [0.5, 0.6) is 0 Å². The Morgan fingerprint density at radius 3 is 2.71 bits per heavy atom. The number of hydrogen-bond acceptors (Lipinski definition) is 6. The van der Waals surface area contributed by atoms with Crippen LogP contribution in [0, 0.1) is 13.8 Å². The van der Waals surface area contributed by atoms with Gasteiger partial charge in [-0.3, -0.25) is 4.79 Å². The van der Waals surface area contributed by atoms with E-state index in [9.17, 15) is 4.79 Å². The number of nitrogens with one attached hydrogen (secondary N) is 1. The largest absolute Gasteiger partial charge is 0.378 e. The minimum absolute atomic E-state index is 0.0181. The normalized spacial score (nSPS) is 16.4. The maximum Gasteiger partial charge on any atom is 0.261 e. The van der Waals surface area contributed by atoms with Gasteiger partial charge in [-0.15, -0.1) is 11.3 Å². The SMILES string of the molecule is CCC(C)NC(=O)c1sc2nc(C)nc(N3CCOCC3)c2c1C. The molecule has 1 N–H and O–H groups in total. The molecule has 1 saturated heterocycles. The fourth-order valence-corrected chi connectivity index (χ4v) is 3.96. The van der Waals surface area contributed by atoms with Crippen LogP contribution in [0.1, 0.15) is 41.3 Å². The van der Waals surface area contributed by atoms with Gasteiger partial charge >= 0.3 is 0 Å². The Morgan fingerprint density at radius 1 is 1.33 bits per heavy atom. The van der Waals surface area contributed by atoms with Crippen molar-refractivity contribution >= 4 is 33.3 Å². The van der Waals surface area contributed by atoms with Gasteiger partial charge in [-0.05, 0) is 32.8 Å². The van der Waals surface area contributed by atoms with Crippen molar-refractivity contribution in [1.29, 1.82) is 0 Å². The zero-order valence-corrected chi connectivity index (χ0v) is 15.5. The van der Waals surface area contributed by atoms with E-state index >= 15 is 0 Å². The van der Waals surface area contributed by atoms with Crippen molar-refractivity contribution in [2.75, 3.05) is 31.2 Å². The molecular formula is C17H24N4O2S. The topological polar surface area (TPSA) is 67.4 Å². The van der Waals surface area contributed by atoms with Crippen LogP contribution in [0.2, 0.25) is 0 Å².